The van der Waals surface area contributed by atoms with E-state index in [2.05, 4.69) is 36.3 Å². The van der Waals surface area contributed by atoms with Gasteiger partial charge in [-0.25, -0.2) is 4.39 Å². The summed E-state index contributed by atoms with van der Waals surface area (Å²) in [4.78, 5) is 0.551. The highest BCUT2D eigenvalue weighted by molar-refractivity contribution is 9.10. The average molecular weight is 414 g/mol. The molecule has 0 saturated heterocycles. The second kappa shape index (κ2) is 5.36. The van der Waals surface area contributed by atoms with Crippen LogP contribution in [-0.2, 0) is 7.05 Å². The molecule has 3 heterocycles. The largest absolute Gasteiger partial charge is 0.264 e. The maximum atomic E-state index is 14.2. The van der Waals surface area contributed by atoms with Crippen LogP contribution in [0.1, 0.15) is 0 Å². The monoisotopic (exact) mass is 412 g/mol. The molecule has 0 amide bonds. The van der Waals surface area contributed by atoms with Crippen LogP contribution in [0.2, 0.25) is 5.02 Å². The Morgan fingerprint density at radius 1 is 1.30 bits per heavy atom. The number of rotatable bonds is 2. The third kappa shape index (κ3) is 2.35. The van der Waals surface area contributed by atoms with Gasteiger partial charge in [0.25, 0.3) is 0 Å². The third-order valence-electron chi connectivity index (χ3n) is 3.26. The molecule has 6 nitrogen and oxygen atoms in total. The number of hydrogen-bond acceptors (Lipinski definition) is 5. The van der Waals surface area contributed by atoms with Crippen molar-refractivity contribution in [2.45, 2.75) is 0 Å². The molecule has 0 fully saturated rings. The predicted octanol–water partition coefficient (Wildman–Crippen LogP) is 3.81. The highest BCUT2D eigenvalue weighted by Gasteiger charge is 2.20. The Bertz CT molecular complexity index is 1020. The Morgan fingerprint density at radius 3 is 2.83 bits per heavy atom. The zero-order valence-electron chi connectivity index (χ0n) is 11.5. The van der Waals surface area contributed by atoms with Gasteiger partial charge in [0, 0.05) is 11.5 Å². The standard InChI is InChI=1S/C13H7BrClFN6S/c1-21-10(8(15)5-17-21)12-20-22-11(18-19-13(22)23-12)7-3-2-6(14)4-9(7)16/h2-5H,1H3. The first-order chi connectivity index (χ1) is 11.0. The smallest absolute Gasteiger partial charge is 0.235 e. The molecule has 3 aromatic heterocycles. The molecule has 0 atom stereocenters. The SMILES string of the molecule is Cn1ncc(Cl)c1-c1nn2c(-c3ccc(Br)cc3F)nnc2s1. The van der Waals surface area contributed by atoms with E-state index in [1.54, 1.807) is 30.1 Å². The number of halogens is 3. The summed E-state index contributed by atoms with van der Waals surface area (Å²) in [5.41, 5.74) is 1.01. The quantitative estimate of drug-likeness (QED) is 0.501. The van der Waals surface area contributed by atoms with Crippen molar-refractivity contribution in [3.8, 4) is 22.1 Å². The Hall–Kier alpha value is -1.84. The molecule has 0 aliphatic rings. The fraction of sp³-hybridized carbons (Fsp3) is 0.0769. The van der Waals surface area contributed by atoms with Crippen molar-refractivity contribution in [3.63, 3.8) is 0 Å². The van der Waals surface area contributed by atoms with Crippen LogP contribution in [0.15, 0.2) is 28.9 Å². The van der Waals surface area contributed by atoms with Crippen molar-refractivity contribution >= 4 is 43.8 Å². The normalized spacial score (nSPS) is 11.5. The summed E-state index contributed by atoms with van der Waals surface area (Å²) in [5.74, 6) is -0.0624. The van der Waals surface area contributed by atoms with E-state index < -0.39 is 5.82 Å². The molecule has 0 aliphatic carbocycles. The molecular weight excluding hydrogens is 407 g/mol. The lowest BCUT2D eigenvalue weighted by Crippen LogP contribution is -1.96. The van der Waals surface area contributed by atoms with Crippen molar-refractivity contribution in [2.24, 2.45) is 7.05 Å². The maximum absolute atomic E-state index is 14.2. The van der Waals surface area contributed by atoms with Crippen molar-refractivity contribution < 1.29 is 4.39 Å². The molecule has 10 heteroatoms. The molecule has 1 aromatic carbocycles. The fourth-order valence-electron chi connectivity index (χ4n) is 2.20. The lowest BCUT2D eigenvalue weighted by molar-refractivity contribution is 0.628. The lowest BCUT2D eigenvalue weighted by Gasteiger charge is -2.00. The number of aryl methyl sites for hydroxylation is 1. The fourth-order valence-corrected chi connectivity index (χ4v) is 3.78. The molecule has 0 radical (unpaired) electrons. The van der Waals surface area contributed by atoms with Gasteiger partial charge < -0.3 is 0 Å². The van der Waals surface area contributed by atoms with Gasteiger partial charge in [0.15, 0.2) is 10.8 Å². The molecule has 116 valence electrons. The van der Waals surface area contributed by atoms with Crippen molar-refractivity contribution in [1.82, 2.24) is 29.6 Å². The first-order valence-corrected chi connectivity index (χ1v) is 8.39. The average Bonchev–Trinajstić information content (AvgIpc) is 3.14. The summed E-state index contributed by atoms with van der Waals surface area (Å²) >= 11 is 10.7. The van der Waals surface area contributed by atoms with Gasteiger partial charge >= 0.3 is 0 Å². The van der Waals surface area contributed by atoms with Gasteiger partial charge in [-0.05, 0) is 18.2 Å². The van der Waals surface area contributed by atoms with Gasteiger partial charge in [0.05, 0.1) is 16.8 Å². The maximum Gasteiger partial charge on any atom is 0.235 e. The van der Waals surface area contributed by atoms with Crippen LogP contribution in [0, 0.1) is 5.82 Å². The van der Waals surface area contributed by atoms with Crippen molar-refractivity contribution in [1.29, 1.82) is 0 Å². The molecule has 0 saturated carbocycles. The number of nitrogens with zero attached hydrogens (tertiary/aromatic N) is 6. The lowest BCUT2D eigenvalue weighted by atomic mass is 10.2. The molecule has 0 N–H and O–H groups in total. The summed E-state index contributed by atoms with van der Waals surface area (Å²) in [7, 11) is 1.78. The van der Waals surface area contributed by atoms with Crippen molar-refractivity contribution in [2.75, 3.05) is 0 Å². The Morgan fingerprint density at radius 2 is 2.13 bits per heavy atom. The first-order valence-electron chi connectivity index (χ1n) is 6.40. The van der Waals surface area contributed by atoms with Crippen LogP contribution >= 0.6 is 38.9 Å². The molecule has 23 heavy (non-hydrogen) atoms. The first kappa shape index (κ1) is 14.7. The third-order valence-corrected chi connectivity index (χ3v) is 4.93. The molecule has 0 spiro atoms. The summed E-state index contributed by atoms with van der Waals surface area (Å²) < 4.78 is 18.0. The number of fused-ring (bicyclic) bond motifs is 1. The highest BCUT2D eigenvalue weighted by atomic mass is 79.9. The van der Waals surface area contributed by atoms with Crippen LogP contribution in [0.5, 0.6) is 0 Å². The summed E-state index contributed by atoms with van der Waals surface area (Å²) in [5, 5.41) is 17.8. The van der Waals surface area contributed by atoms with Crippen LogP contribution in [-0.4, -0.2) is 29.6 Å². The minimum atomic E-state index is -0.401. The highest BCUT2D eigenvalue weighted by Crippen LogP contribution is 2.32. The molecule has 0 bridgehead atoms. The van der Waals surface area contributed by atoms with E-state index in [1.165, 1.54) is 21.9 Å². The second-order valence-corrected chi connectivity index (χ2v) is 6.99. The van der Waals surface area contributed by atoms with Crippen LogP contribution in [0.4, 0.5) is 4.39 Å². The zero-order chi connectivity index (χ0) is 16.1. The van der Waals surface area contributed by atoms with Crippen molar-refractivity contribution in [3.05, 3.63) is 39.7 Å². The predicted molar refractivity (Wildman–Crippen MR) is 89.0 cm³/mol. The summed E-state index contributed by atoms with van der Waals surface area (Å²) in [6.07, 6.45) is 1.55. The van der Waals surface area contributed by atoms with E-state index in [0.717, 1.165) is 0 Å². The number of benzene rings is 1. The number of aromatic nitrogens is 6. The topological polar surface area (TPSA) is 60.9 Å². The van der Waals surface area contributed by atoms with E-state index in [4.69, 9.17) is 11.6 Å². The Kier molecular flexibility index (Phi) is 3.43. The van der Waals surface area contributed by atoms with Gasteiger partial charge in [-0.2, -0.15) is 14.7 Å². The Balaban J connectivity index is 1.90. The molecule has 0 unspecified atom stereocenters. The van der Waals surface area contributed by atoms with E-state index in [0.29, 0.717) is 36.5 Å². The van der Waals surface area contributed by atoms with Crippen LogP contribution in [0.25, 0.3) is 27.1 Å². The van der Waals surface area contributed by atoms with Crippen LogP contribution < -0.4 is 0 Å². The minimum Gasteiger partial charge on any atom is -0.264 e. The van der Waals surface area contributed by atoms with Gasteiger partial charge in [-0.1, -0.05) is 38.9 Å². The zero-order valence-corrected chi connectivity index (χ0v) is 14.7. The molecule has 4 aromatic rings. The van der Waals surface area contributed by atoms with E-state index in [1.807, 2.05) is 0 Å². The number of hydrogen-bond donors (Lipinski definition) is 0. The minimum absolute atomic E-state index is 0.327. The molecule has 4 rings (SSSR count). The second-order valence-electron chi connectivity index (χ2n) is 4.71. The van der Waals surface area contributed by atoms with Gasteiger partial charge in [0.2, 0.25) is 4.96 Å². The molecular formula is C13H7BrClFN6S. The van der Waals surface area contributed by atoms with Crippen LogP contribution in [0.3, 0.4) is 0 Å². The van der Waals surface area contributed by atoms with Gasteiger partial charge in [0.1, 0.15) is 11.5 Å². The summed E-state index contributed by atoms with van der Waals surface area (Å²) in [6.45, 7) is 0. The van der Waals surface area contributed by atoms with E-state index in [9.17, 15) is 4.39 Å². The molecule has 0 aliphatic heterocycles. The van der Waals surface area contributed by atoms with E-state index >= 15 is 0 Å². The summed E-state index contributed by atoms with van der Waals surface area (Å²) in [6, 6.07) is 4.75. The van der Waals surface area contributed by atoms with Gasteiger partial charge in [-0.3, -0.25) is 4.68 Å². The van der Waals surface area contributed by atoms with Gasteiger partial charge in [-0.15, -0.1) is 10.2 Å². The van der Waals surface area contributed by atoms with E-state index in [-0.39, 0.29) is 0 Å². The Labute approximate surface area is 146 Å².